The van der Waals surface area contributed by atoms with Gasteiger partial charge in [0.05, 0.1) is 6.10 Å². The van der Waals surface area contributed by atoms with E-state index < -0.39 is 0 Å². The maximum Gasteiger partial charge on any atom is 0.222 e. The van der Waals surface area contributed by atoms with Gasteiger partial charge in [-0.3, -0.25) is 9.79 Å². The molecule has 2 aliphatic rings. The molecule has 3 N–H and O–H groups in total. The van der Waals surface area contributed by atoms with Crippen LogP contribution in [-0.4, -0.2) is 84.7 Å². The van der Waals surface area contributed by atoms with Crippen molar-refractivity contribution < 1.29 is 9.90 Å². The van der Waals surface area contributed by atoms with Gasteiger partial charge in [0.25, 0.3) is 0 Å². The molecule has 2 heterocycles. The molecule has 0 saturated carbocycles. The average molecular weight is 481 g/mol. The first-order valence-corrected chi connectivity index (χ1v) is 9.85. The number of nitrogens with one attached hydrogen (secondary N) is 2. The summed E-state index contributed by atoms with van der Waals surface area (Å²) in [6, 6.07) is 0.289. The zero-order valence-corrected chi connectivity index (χ0v) is 18.6. The van der Waals surface area contributed by atoms with Gasteiger partial charge in [-0.1, -0.05) is 6.92 Å². The third kappa shape index (κ3) is 7.96. The Bertz CT molecular complexity index is 441. The van der Waals surface area contributed by atoms with Crippen LogP contribution in [0.1, 0.15) is 46.0 Å². The minimum atomic E-state index is -0.107. The monoisotopic (exact) mass is 481 g/mol. The number of hydrogen-bond donors (Lipinski definition) is 3. The first-order chi connectivity index (χ1) is 12.1. The number of aliphatic imine (C=N–C) groups is 1. The number of carbonyl (C=O) groups excluding carboxylic acids is 1. The second-order valence-corrected chi connectivity index (χ2v) is 7.01. The Morgan fingerprint density at radius 3 is 2.58 bits per heavy atom. The molecule has 1 unspecified atom stereocenters. The molecule has 2 rings (SSSR count). The van der Waals surface area contributed by atoms with Gasteiger partial charge in [0.2, 0.25) is 5.91 Å². The van der Waals surface area contributed by atoms with Crippen molar-refractivity contribution in [3.63, 3.8) is 0 Å². The smallest absolute Gasteiger partial charge is 0.222 e. The number of piperidine rings is 1. The third-order valence-corrected chi connectivity index (χ3v) is 4.99. The molecule has 0 bridgehead atoms. The van der Waals surface area contributed by atoms with Crippen LogP contribution in [0.4, 0.5) is 0 Å². The van der Waals surface area contributed by atoms with Crippen LogP contribution in [-0.2, 0) is 4.79 Å². The molecule has 1 atom stereocenters. The summed E-state index contributed by atoms with van der Waals surface area (Å²) in [6.45, 7) is 10.2. The van der Waals surface area contributed by atoms with Crippen LogP contribution in [0.25, 0.3) is 0 Å². The van der Waals surface area contributed by atoms with Crippen molar-refractivity contribution in [2.45, 2.75) is 58.1 Å². The highest BCUT2D eigenvalue weighted by Gasteiger charge is 2.25. The summed E-state index contributed by atoms with van der Waals surface area (Å²) in [5.74, 6) is 1.09. The van der Waals surface area contributed by atoms with E-state index in [4.69, 9.17) is 0 Å². The topological polar surface area (TPSA) is 80.2 Å². The van der Waals surface area contributed by atoms with Crippen molar-refractivity contribution >= 4 is 35.8 Å². The van der Waals surface area contributed by atoms with Gasteiger partial charge in [-0.15, -0.1) is 24.0 Å². The van der Waals surface area contributed by atoms with Crippen molar-refractivity contribution in [2.24, 2.45) is 4.99 Å². The van der Waals surface area contributed by atoms with E-state index in [1.165, 1.54) is 0 Å². The van der Waals surface area contributed by atoms with E-state index in [1.54, 1.807) is 0 Å². The van der Waals surface area contributed by atoms with Crippen LogP contribution in [0, 0.1) is 0 Å². The number of carbonyl (C=O) groups is 1. The zero-order chi connectivity index (χ0) is 18.1. The number of rotatable bonds is 7. The van der Waals surface area contributed by atoms with Gasteiger partial charge in [-0.05, 0) is 39.2 Å². The molecular formula is C18H36IN5O2. The molecule has 8 heteroatoms. The summed E-state index contributed by atoms with van der Waals surface area (Å²) < 4.78 is 0. The van der Waals surface area contributed by atoms with E-state index in [9.17, 15) is 9.90 Å². The van der Waals surface area contributed by atoms with Gasteiger partial charge in [-0.2, -0.15) is 0 Å². The van der Waals surface area contributed by atoms with Gasteiger partial charge < -0.3 is 25.5 Å². The highest BCUT2D eigenvalue weighted by Crippen LogP contribution is 2.11. The minimum Gasteiger partial charge on any atom is -0.393 e. The number of nitrogens with zero attached hydrogens (tertiary/aromatic N) is 3. The second kappa shape index (κ2) is 12.7. The minimum absolute atomic E-state index is 0. The third-order valence-electron chi connectivity index (χ3n) is 4.99. The lowest BCUT2D eigenvalue weighted by Crippen LogP contribution is -2.45. The molecule has 0 aromatic heterocycles. The second-order valence-electron chi connectivity index (χ2n) is 7.01. The van der Waals surface area contributed by atoms with E-state index in [0.29, 0.717) is 6.42 Å². The Balaban J connectivity index is 0.00000338. The highest BCUT2D eigenvalue weighted by atomic mass is 127. The number of aliphatic hydroxyl groups excluding tert-OH is 1. The molecule has 0 spiro atoms. The molecule has 0 aromatic carbocycles. The molecule has 152 valence electrons. The molecule has 0 aliphatic carbocycles. The molecule has 0 aromatic rings. The van der Waals surface area contributed by atoms with Crippen LogP contribution in [0.2, 0.25) is 0 Å². The Morgan fingerprint density at radius 1 is 1.19 bits per heavy atom. The Labute approximate surface area is 175 Å². The van der Waals surface area contributed by atoms with Crippen molar-refractivity contribution in [3.05, 3.63) is 0 Å². The molecule has 2 aliphatic heterocycles. The lowest BCUT2D eigenvalue weighted by Gasteiger charge is -2.29. The van der Waals surface area contributed by atoms with Gasteiger partial charge >= 0.3 is 0 Å². The standard InChI is InChI=1S/C18H35N5O2.HI/c1-3-17(25)23-13-6-15(14-23)21-18(19-4-2)20-9-5-10-22-11-7-16(24)8-12-22;/h15-16,24H,3-14H2,1-2H3,(H2,19,20,21);1H. The zero-order valence-electron chi connectivity index (χ0n) is 16.2. The fraction of sp³-hybridized carbons (Fsp3) is 0.889. The van der Waals surface area contributed by atoms with Crippen LogP contribution in [0.15, 0.2) is 4.99 Å². The molecule has 26 heavy (non-hydrogen) atoms. The first-order valence-electron chi connectivity index (χ1n) is 9.85. The molecule has 2 saturated heterocycles. The number of aliphatic hydroxyl groups is 1. The number of guanidine groups is 1. The van der Waals surface area contributed by atoms with Crippen LogP contribution >= 0.6 is 24.0 Å². The largest absolute Gasteiger partial charge is 0.393 e. The predicted octanol–water partition coefficient (Wildman–Crippen LogP) is 1.02. The number of amides is 1. The van der Waals surface area contributed by atoms with E-state index in [-0.39, 0.29) is 42.0 Å². The Kier molecular flexibility index (Phi) is 11.5. The van der Waals surface area contributed by atoms with E-state index in [0.717, 1.165) is 77.5 Å². The van der Waals surface area contributed by atoms with Gasteiger partial charge in [-0.25, -0.2) is 0 Å². The number of likely N-dealkylation sites (tertiary alicyclic amines) is 2. The number of halogens is 1. The average Bonchev–Trinajstić information content (AvgIpc) is 3.08. The summed E-state index contributed by atoms with van der Waals surface area (Å²) in [5, 5.41) is 16.3. The quantitative estimate of drug-likeness (QED) is 0.219. The lowest BCUT2D eigenvalue weighted by molar-refractivity contribution is -0.129. The van der Waals surface area contributed by atoms with Gasteiger partial charge in [0.15, 0.2) is 5.96 Å². The van der Waals surface area contributed by atoms with Crippen molar-refractivity contribution in [1.29, 1.82) is 0 Å². The fourth-order valence-electron chi connectivity index (χ4n) is 3.47. The Morgan fingerprint density at radius 2 is 1.92 bits per heavy atom. The molecule has 1 amide bonds. The SMILES string of the molecule is CCNC(=NCCCN1CCC(O)CC1)NC1CCN(C(=O)CC)C1.I. The van der Waals surface area contributed by atoms with Gasteiger partial charge in [0.1, 0.15) is 0 Å². The summed E-state index contributed by atoms with van der Waals surface area (Å²) >= 11 is 0. The van der Waals surface area contributed by atoms with E-state index >= 15 is 0 Å². The van der Waals surface area contributed by atoms with E-state index in [2.05, 4.69) is 27.4 Å². The summed E-state index contributed by atoms with van der Waals surface area (Å²) in [5.41, 5.74) is 0. The van der Waals surface area contributed by atoms with Crippen molar-refractivity contribution in [1.82, 2.24) is 20.4 Å². The van der Waals surface area contributed by atoms with Crippen LogP contribution in [0.5, 0.6) is 0 Å². The van der Waals surface area contributed by atoms with Crippen LogP contribution < -0.4 is 10.6 Å². The maximum atomic E-state index is 11.8. The van der Waals surface area contributed by atoms with Crippen molar-refractivity contribution in [3.8, 4) is 0 Å². The predicted molar refractivity (Wildman–Crippen MR) is 116 cm³/mol. The highest BCUT2D eigenvalue weighted by molar-refractivity contribution is 14.0. The first kappa shape index (κ1) is 23.4. The fourth-order valence-corrected chi connectivity index (χ4v) is 3.47. The summed E-state index contributed by atoms with van der Waals surface area (Å²) in [7, 11) is 0. The summed E-state index contributed by atoms with van der Waals surface area (Å²) in [4.78, 5) is 20.8. The van der Waals surface area contributed by atoms with Gasteiger partial charge in [0, 0.05) is 51.7 Å². The summed E-state index contributed by atoms with van der Waals surface area (Å²) in [6.07, 6.45) is 4.26. The number of hydrogen-bond acceptors (Lipinski definition) is 4. The normalized spacial score (nSPS) is 22.2. The lowest BCUT2D eigenvalue weighted by atomic mass is 10.1. The van der Waals surface area contributed by atoms with Crippen molar-refractivity contribution in [2.75, 3.05) is 45.8 Å². The van der Waals surface area contributed by atoms with Crippen LogP contribution in [0.3, 0.4) is 0 Å². The molecular weight excluding hydrogens is 445 g/mol. The Hall–Kier alpha value is -0.610. The molecule has 7 nitrogen and oxygen atoms in total. The maximum absolute atomic E-state index is 11.8. The molecule has 0 radical (unpaired) electrons. The van der Waals surface area contributed by atoms with E-state index in [1.807, 2.05) is 11.8 Å². The molecule has 2 fully saturated rings.